The molecule has 0 radical (unpaired) electrons. The Morgan fingerprint density at radius 1 is 1.21 bits per heavy atom. The van der Waals surface area contributed by atoms with Crippen molar-refractivity contribution < 1.29 is 23.1 Å². The Balaban J connectivity index is 2.95. The fraction of sp³-hybridized carbons (Fsp3) is 0.455. The number of nitrogens with zero attached hydrogens (tertiary/aromatic N) is 1. The van der Waals surface area contributed by atoms with E-state index in [1.54, 1.807) is 32.0 Å². The van der Waals surface area contributed by atoms with Gasteiger partial charge in [0, 0.05) is 0 Å². The van der Waals surface area contributed by atoms with Gasteiger partial charge in [-0.1, -0.05) is 18.2 Å². The summed E-state index contributed by atoms with van der Waals surface area (Å²) in [7, 11) is -3.94. The van der Waals surface area contributed by atoms with Crippen molar-refractivity contribution in [1.82, 2.24) is 0 Å². The molecule has 0 aliphatic rings. The molecule has 1 rings (SSSR count). The summed E-state index contributed by atoms with van der Waals surface area (Å²) in [4.78, 5) is 10.4. The summed E-state index contributed by atoms with van der Waals surface area (Å²) in [6, 6.07) is 7.99. The van der Waals surface area contributed by atoms with E-state index in [4.69, 9.17) is 13.6 Å². The van der Waals surface area contributed by atoms with Gasteiger partial charge in [0.1, 0.15) is 0 Å². The van der Waals surface area contributed by atoms with Crippen LogP contribution in [-0.4, -0.2) is 18.1 Å². The standard InChI is InChI=1S/C11H16NO6P/c1-3-16-19(15,17-4-2)18-11(12(13)14)10-8-6-5-7-9-10/h5-9,11H,3-4H2,1-2H3. The molecule has 0 aromatic heterocycles. The Bertz CT molecular complexity index is 442. The van der Waals surface area contributed by atoms with Gasteiger partial charge in [-0.05, 0) is 26.0 Å². The topological polar surface area (TPSA) is 87.9 Å². The summed E-state index contributed by atoms with van der Waals surface area (Å²) in [5.74, 6) is 0. The second-order valence-electron chi connectivity index (χ2n) is 3.44. The van der Waals surface area contributed by atoms with Gasteiger partial charge in [-0.25, -0.2) is 9.09 Å². The molecule has 7 nitrogen and oxygen atoms in total. The van der Waals surface area contributed by atoms with Crippen LogP contribution in [0.5, 0.6) is 0 Å². The van der Waals surface area contributed by atoms with Crippen molar-refractivity contribution in [3.8, 4) is 0 Å². The summed E-state index contributed by atoms with van der Waals surface area (Å²) < 4.78 is 26.9. The van der Waals surface area contributed by atoms with Crippen molar-refractivity contribution in [3.63, 3.8) is 0 Å². The van der Waals surface area contributed by atoms with Crippen LogP contribution in [0.15, 0.2) is 30.3 Å². The molecule has 1 atom stereocenters. The van der Waals surface area contributed by atoms with Crippen LogP contribution >= 0.6 is 7.82 Å². The van der Waals surface area contributed by atoms with E-state index in [0.717, 1.165) is 0 Å². The molecule has 1 aromatic rings. The highest BCUT2D eigenvalue weighted by Gasteiger charge is 2.37. The number of hydrogen-bond acceptors (Lipinski definition) is 6. The average molecular weight is 289 g/mol. The van der Waals surface area contributed by atoms with E-state index in [1.165, 1.54) is 12.1 Å². The first-order chi connectivity index (χ1) is 9.02. The highest BCUT2D eigenvalue weighted by atomic mass is 31.2. The maximum Gasteiger partial charge on any atom is 0.480 e. The van der Waals surface area contributed by atoms with Crippen LogP contribution in [0, 0.1) is 10.1 Å². The molecule has 0 saturated carbocycles. The molecule has 0 spiro atoms. The number of phosphoric ester groups is 1. The van der Waals surface area contributed by atoms with Gasteiger partial charge in [-0.15, -0.1) is 0 Å². The third-order valence-electron chi connectivity index (χ3n) is 2.08. The van der Waals surface area contributed by atoms with E-state index in [-0.39, 0.29) is 18.8 Å². The van der Waals surface area contributed by atoms with Crippen LogP contribution in [0.3, 0.4) is 0 Å². The molecule has 0 heterocycles. The molecule has 0 fully saturated rings. The molecule has 1 unspecified atom stereocenters. The van der Waals surface area contributed by atoms with Crippen molar-refractivity contribution in [3.05, 3.63) is 46.0 Å². The molecule has 0 saturated heterocycles. The molecule has 0 aliphatic heterocycles. The number of phosphoric acid groups is 1. The van der Waals surface area contributed by atoms with Crippen LogP contribution in [0.4, 0.5) is 0 Å². The smallest absolute Gasteiger partial charge is 0.287 e. The van der Waals surface area contributed by atoms with Gasteiger partial charge < -0.3 is 0 Å². The zero-order valence-electron chi connectivity index (χ0n) is 10.7. The maximum absolute atomic E-state index is 12.1. The lowest BCUT2D eigenvalue weighted by Crippen LogP contribution is -2.15. The highest BCUT2D eigenvalue weighted by Crippen LogP contribution is 2.52. The van der Waals surface area contributed by atoms with Gasteiger partial charge in [-0.3, -0.25) is 19.2 Å². The zero-order valence-corrected chi connectivity index (χ0v) is 11.6. The summed E-state index contributed by atoms with van der Waals surface area (Å²) in [6.45, 7) is 3.32. The molecule has 1 aromatic carbocycles. The lowest BCUT2D eigenvalue weighted by molar-refractivity contribution is -0.572. The minimum absolute atomic E-state index is 0.0660. The normalized spacial score (nSPS) is 13.2. The molecule has 0 aliphatic carbocycles. The molecule has 19 heavy (non-hydrogen) atoms. The van der Waals surface area contributed by atoms with E-state index in [1.807, 2.05) is 0 Å². The number of benzene rings is 1. The summed E-state index contributed by atoms with van der Waals surface area (Å²) in [6.07, 6.45) is -1.59. The van der Waals surface area contributed by atoms with Gasteiger partial charge in [0.25, 0.3) is 0 Å². The number of hydrogen-bond donors (Lipinski definition) is 0. The monoisotopic (exact) mass is 289 g/mol. The lowest BCUT2D eigenvalue weighted by atomic mass is 10.2. The zero-order chi connectivity index (χ0) is 14.3. The molecule has 8 heteroatoms. The van der Waals surface area contributed by atoms with Crippen LogP contribution in [0.1, 0.15) is 25.6 Å². The third kappa shape index (κ3) is 4.72. The Hall–Kier alpha value is -1.27. The van der Waals surface area contributed by atoms with E-state index < -0.39 is 19.0 Å². The van der Waals surface area contributed by atoms with Crippen molar-refractivity contribution in [2.75, 3.05) is 13.2 Å². The first-order valence-electron chi connectivity index (χ1n) is 5.78. The first-order valence-corrected chi connectivity index (χ1v) is 7.24. The Morgan fingerprint density at radius 2 is 1.74 bits per heavy atom. The molecule has 0 bridgehead atoms. The van der Waals surface area contributed by atoms with Crippen LogP contribution in [0.2, 0.25) is 0 Å². The minimum atomic E-state index is -3.94. The van der Waals surface area contributed by atoms with Crippen LogP contribution in [-0.2, 0) is 18.1 Å². The molecule has 106 valence electrons. The molecule has 0 amide bonds. The first kappa shape index (κ1) is 15.8. The Morgan fingerprint density at radius 3 is 2.16 bits per heavy atom. The second kappa shape index (κ2) is 7.35. The summed E-state index contributed by atoms with van der Waals surface area (Å²) >= 11 is 0. The van der Waals surface area contributed by atoms with Crippen LogP contribution < -0.4 is 0 Å². The average Bonchev–Trinajstić information content (AvgIpc) is 2.37. The predicted octanol–water partition coefficient (Wildman–Crippen LogP) is 3.16. The van der Waals surface area contributed by atoms with Gasteiger partial charge in [-0.2, -0.15) is 0 Å². The Kier molecular flexibility index (Phi) is 6.11. The van der Waals surface area contributed by atoms with E-state index in [0.29, 0.717) is 0 Å². The van der Waals surface area contributed by atoms with Crippen molar-refractivity contribution in [2.45, 2.75) is 20.1 Å². The minimum Gasteiger partial charge on any atom is -0.287 e. The maximum atomic E-state index is 12.1. The SMILES string of the molecule is CCOP(=O)(OCC)OC(c1ccccc1)[N+](=O)[O-]. The van der Waals surface area contributed by atoms with Gasteiger partial charge >= 0.3 is 14.1 Å². The fourth-order valence-corrected chi connectivity index (χ4v) is 2.65. The van der Waals surface area contributed by atoms with E-state index >= 15 is 0 Å². The number of rotatable bonds is 8. The quantitative estimate of drug-likeness (QED) is 0.316. The predicted molar refractivity (Wildman–Crippen MR) is 68.1 cm³/mol. The number of nitro groups is 1. The van der Waals surface area contributed by atoms with Gasteiger partial charge in [0.05, 0.1) is 23.7 Å². The van der Waals surface area contributed by atoms with Crippen molar-refractivity contribution in [1.29, 1.82) is 0 Å². The lowest BCUT2D eigenvalue weighted by Gasteiger charge is -2.18. The van der Waals surface area contributed by atoms with Gasteiger partial charge in [0.15, 0.2) is 0 Å². The fourth-order valence-electron chi connectivity index (χ4n) is 1.38. The highest BCUT2D eigenvalue weighted by molar-refractivity contribution is 7.48. The largest absolute Gasteiger partial charge is 0.480 e. The third-order valence-corrected chi connectivity index (χ3v) is 3.69. The van der Waals surface area contributed by atoms with Crippen molar-refractivity contribution >= 4 is 7.82 Å². The van der Waals surface area contributed by atoms with Gasteiger partial charge in [0.2, 0.25) is 0 Å². The van der Waals surface area contributed by atoms with E-state index in [2.05, 4.69) is 0 Å². The van der Waals surface area contributed by atoms with Crippen molar-refractivity contribution in [2.24, 2.45) is 0 Å². The Labute approximate surface area is 111 Å². The van der Waals surface area contributed by atoms with E-state index in [9.17, 15) is 14.7 Å². The second-order valence-corrected chi connectivity index (χ2v) is 5.06. The molecular formula is C11H16NO6P. The molecule has 0 N–H and O–H groups in total. The summed E-state index contributed by atoms with van der Waals surface area (Å²) in [5.41, 5.74) is 0.270. The van der Waals surface area contributed by atoms with Crippen LogP contribution in [0.25, 0.3) is 0 Å². The molecular weight excluding hydrogens is 273 g/mol. The summed E-state index contributed by atoms with van der Waals surface area (Å²) in [5, 5.41) is 11.0.